The Kier molecular flexibility index (Phi) is 8.39. The van der Waals surface area contributed by atoms with E-state index in [-0.39, 0.29) is 6.54 Å². The summed E-state index contributed by atoms with van der Waals surface area (Å²) in [6, 6.07) is 11.4. The predicted molar refractivity (Wildman–Crippen MR) is 169 cm³/mol. The molecule has 2 saturated carbocycles. The van der Waals surface area contributed by atoms with Crippen LogP contribution in [0.4, 0.5) is 0 Å². The van der Waals surface area contributed by atoms with E-state index in [2.05, 4.69) is 52.5 Å². The number of hydrogen-bond acceptors (Lipinski definition) is 4. The summed E-state index contributed by atoms with van der Waals surface area (Å²) in [5.41, 5.74) is 2.44. The van der Waals surface area contributed by atoms with Crippen molar-refractivity contribution < 1.29 is 9.90 Å². The van der Waals surface area contributed by atoms with Crippen molar-refractivity contribution in [2.24, 2.45) is 29.6 Å². The number of aromatic nitrogens is 2. The first kappa shape index (κ1) is 28.8. The van der Waals surface area contributed by atoms with Crippen molar-refractivity contribution in [3.05, 3.63) is 30.1 Å². The topological polar surface area (TPSA) is 61.6 Å². The molecule has 0 amide bonds. The van der Waals surface area contributed by atoms with E-state index in [1.807, 2.05) is 0 Å². The fraction of sp³-hybridized carbons (Fsp3) is 0.778. The Morgan fingerprint density at radius 2 is 1.64 bits per heavy atom. The molecule has 3 saturated heterocycles. The number of imidazole rings is 1. The zero-order chi connectivity index (χ0) is 28.8. The number of carboxylic acid groups (broad SMARTS) is 1. The van der Waals surface area contributed by atoms with Crippen molar-refractivity contribution in [2.45, 2.75) is 128 Å². The molecule has 3 aliphatic heterocycles. The fourth-order valence-corrected chi connectivity index (χ4v) is 10.7. The maximum absolute atomic E-state index is 11.4. The molecule has 0 radical (unpaired) electrons. The minimum Gasteiger partial charge on any atom is -0.480 e. The van der Waals surface area contributed by atoms with Gasteiger partial charge in [0.05, 0.1) is 17.6 Å². The van der Waals surface area contributed by atoms with Crippen LogP contribution in [0.5, 0.6) is 0 Å². The van der Waals surface area contributed by atoms with E-state index in [1.54, 1.807) is 0 Å². The van der Waals surface area contributed by atoms with Crippen LogP contribution >= 0.6 is 0 Å². The Balaban J connectivity index is 1.18. The van der Waals surface area contributed by atoms with Gasteiger partial charge in [-0.05, 0) is 106 Å². The molecule has 4 bridgehead atoms. The summed E-state index contributed by atoms with van der Waals surface area (Å²) in [5, 5.41) is 9.41. The van der Waals surface area contributed by atoms with Crippen molar-refractivity contribution in [3.63, 3.8) is 0 Å². The normalized spacial score (nSPS) is 38.2. The number of fused-ring (bicyclic) bond motifs is 5. The molecule has 5 aliphatic rings. The highest BCUT2D eigenvalue weighted by Crippen LogP contribution is 2.49. The minimum absolute atomic E-state index is 0.160. The molecule has 6 nitrogen and oxygen atoms in total. The second-order valence-electron chi connectivity index (χ2n) is 15.5. The monoisotopic (exact) mass is 574 g/mol. The molecule has 7 rings (SSSR count). The Labute approximate surface area is 253 Å². The molecule has 1 N–H and O–H groups in total. The molecule has 1 aromatic heterocycles. The first-order valence-corrected chi connectivity index (χ1v) is 17.6. The van der Waals surface area contributed by atoms with E-state index in [4.69, 9.17) is 4.98 Å². The second kappa shape index (κ2) is 12.2. The van der Waals surface area contributed by atoms with E-state index >= 15 is 0 Å². The van der Waals surface area contributed by atoms with Gasteiger partial charge in [-0.3, -0.25) is 14.6 Å². The predicted octanol–water partition coefficient (Wildman–Crippen LogP) is 7.17. The number of carbonyl (C=O) groups is 1. The zero-order valence-corrected chi connectivity index (χ0v) is 26.2. The van der Waals surface area contributed by atoms with Gasteiger partial charge in [0.2, 0.25) is 0 Å². The Bertz CT molecular complexity index is 1230. The molecular weight excluding hydrogens is 520 g/mol. The first-order valence-electron chi connectivity index (χ1n) is 17.6. The van der Waals surface area contributed by atoms with Crippen LogP contribution in [-0.2, 0) is 11.2 Å². The molecule has 0 spiro atoms. The van der Waals surface area contributed by atoms with Crippen LogP contribution in [0.1, 0.15) is 109 Å². The molecule has 5 fully saturated rings. The lowest BCUT2D eigenvalue weighted by molar-refractivity contribution is -0.138. The maximum Gasteiger partial charge on any atom is 0.317 e. The van der Waals surface area contributed by atoms with Crippen molar-refractivity contribution in [2.75, 3.05) is 19.6 Å². The molecule has 4 heterocycles. The van der Waals surface area contributed by atoms with Crippen LogP contribution in [0.2, 0.25) is 0 Å². The van der Waals surface area contributed by atoms with Crippen LogP contribution in [0.15, 0.2) is 24.3 Å². The van der Waals surface area contributed by atoms with Crippen LogP contribution in [-0.4, -0.2) is 68.2 Å². The SMILES string of the molecule is C[C@@H]1CC2C[C@@H](n3c(C[C@@H]4CCCN(CC(=O)O)C4)nc4ccccc43)C[C@@H]([C@H](C)C1)N2C1C[C@H]2CCCC[C@@H](C1)C2. The molecule has 9 atom stereocenters. The average molecular weight is 575 g/mol. The van der Waals surface area contributed by atoms with Crippen molar-refractivity contribution >= 4 is 17.0 Å². The molecule has 230 valence electrons. The summed E-state index contributed by atoms with van der Waals surface area (Å²) < 4.78 is 2.69. The quantitative estimate of drug-likeness (QED) is 0.396. The molecule has 6 heteroatoms. The minimum atomic E-state index is -0.710. The summed E-state index contributed by atoms with van der Waals surface area (Å²) in [4.78, 5) is 22.0. The number of nitrogens with zero attached hydrogens (tertiary/aromatic N) is 4. The number of carboxylic acids is 1. The second-order valence-corrected chi connectivity index (χ2v) is 15.5. The Morgan fingerprint density at radius 3 is 2.43 bits per heavy atom. The number of likely N-dealkylation sites (tertiary alicyclic amines) is 1. The van der Waals surface area contributed by atoms with Gasteiger partial charge in [0.25, 0.3) is 0 Å². The van der Waals surface area contributed by atoms with Gasteiger partial charge < -0.3 is 9.67 Å². The van der Waals surface area contributed by atoms with E-state index < -0.39 is 5.97 Å². The third kappa shape index (κ3) is 5.92. The van der Waals surface area contributed by atoms with Crippen molar-refractivity contribution in [1.82, 2.24) is 19.4 Å². The number of aliphatic carboxylic acids is 1. The van der Waals surface area contributed by atoms with Gasteiger partial charge >= 0.3 is 5.97 Å². The van der Waals surface area contributed by atoms with E-state index in [9.17, 15) is 9.90 Å². The lowest BCUT2D eigenvalue weighted by Crippen LogP contribution is -2.57. The average Bonchev–Trinajstić information content (AvgIpc) is 3.18. The van der Waals surface area contributed by atoms with Crippen LogP contribution in [0.3, 0.4) is 0 Å². The van der Waals surface area contributed by atoms with Crippen LogP contribution in [0, 0.1) is 29.6 Å². The number of rotatable bonds is 6. The van der Waals surface area contributed by atoms with Crippen LogP contribution in [0.25, 0.3) is 11.0 Å². The summed E-state index contributed by atoms with van der Waals surface area (Å²) in [5.74, 6) is 4.46. The molecule has 1 aromatic carbocycles. The largest absolute Gasteiger partial charge is 0.480 e. The molecule has 42 heavy (non-hydrogen) atoms. The Hall–Kier alpha value is -1.92. The smallest absolute Gasteiger partial charge is 0.317 e. The zero-order valence-electron chi connectivity index (χ0n) is 26.2. The lowest BCUT2D eigenvalue weighted by atomic mass is 9.74. The molecule has 2 aliphatic carbocycles. The Morgan fingerprint density at radius 1 is 0.881 bits per heavy atom. The first-order chi connectivity index (χ1) is 20.4. The number of benzene rings is 1. The summed E-state index contributed by atoms with van der Waals surface area (Å²) >= 11 is 0. The number of para-hydroxylation sites is 2. The highest BCUT2D eigenvalue weighted by atomic mass is 16.4. The lowest BCUT2D eigenvalue weighted by Gasteiger charge is -2.52. The van der Waals surface area contributed by atoms with Crippen LogP contribution < -0.4 is 0 Å². The highest BCUT2D eigenvalue weighted by molar-refractivity contribution is 5.76. The highest BCUT2D eigenvalue weighted by Gasteiger charge is 2.47. The van der Waals surface area contributed by atoms with Gasteiger partial charge in [0.1, 0.15) is 5.82 Å². The van der Waals surface area contributed by atoms with Crippen molar-refractivity contribution in [3.8, 4) is 0 Å². The van der Waals surface area contributed by atoms with E-state index in [0.29, 0.717) is 24.0 Å². The van der Waals surface area contributed by atoms with Gasteiger partial charge in [-0.25, -0.2) is 4.98 Å². The standard InChI is InChI=1S/C36H54N4O2/c1-24-14-25(2)34-21-31(20-29(15-24)39(34)30-17-26-8-3-4-9-27(16-26)18-30)40-33-12-6-5-11-32(33)37-35(40)19-28-10-7-13-38(22-28)23-36(41)42/h5-6,11-12,24-31,34H,3-4,7-10,13-23H2,1-2H3,(H,41,42)/t24-,25+,26-,27+,28-,29?,30?,31+,34-/m0/s1. The van der Waals surface area contributed by atoms with Gasteiger partial charge in [-0.15, -0.1) is 0 Å². The molecule has 2 unspecified atom stereocenters. The number of hydrogen-bond donors (Lipinski definition) is 1. The number of piperidine rings is 2. The van der Waals surface area contributed by atoms with E-state index in [1.165, 1.54) is 88.4 Å². The fourth-order valence-electron chi connectivity index (χ4n) is 10.7. The summed E-state index contributed by atoms with van der Waals surface area (Å²) in [7, 11) is 0. The van der Waals surface area contributed by atoms with Gasteiger partial charge in [-0.2, -0.15) is 0 Å². The molecule has 2 aromatic rings. The maximum atomic E-state index is 11.4. The van der Waals surface area contributed by atoms with Gasteiger partial charge in [0.15, 0.2) is 0 Å². The summed E-state index contributed by atoms with van der Waals surface area (Å²) in [6.07, 6.45) is 18.7. The third-order valence-corrected chi connectivity index (χ3v) is 12.2. The van der Waals surface area contributed by atoms with E-state index in [0.717, 1.165) is 61.2 Å². The van der Waals surface area contributed by atoms with Gasteiger partial charge in [-0.1, -0.05) is 51.7 Å². The molecular formula is C36H54N4O2. The van der Waals surface area contributed by atoms with Gasteiger partial charge in [0, 0.05) is 37.1 Å². The van der Waals surface area contributed by atoms with Crippen molar-refractivity contribution in [1.29, 1.82) is 0 Å². The summed E-state index contributed by atoms with van der Waals surface area (Å²) in [6.45, 7) is 7.03. The third-order valence-electron chi connectivity index (χ3n) is 12.2.